The second-order valence-electron chi connectivity index (χ2n) is 14.2. The van der Waals surface area contributed by atoms with Crippen molar-refractivity contribution in [2.75, 3.05) is 13.1 Å². The molecule has 0 aromatic heterocycles. The van der Waals surface area contributed by atoms with Gasteiger partial charge in [0, 0.05) is 24.9 Å². The molecular weight excluding hydrogens is 422 g/mol. The van der Waals surface area contributed by atoms with E-state index in [1.807, 2.05) is 0 Å². The van der Waals surface area contributed by atoms with Crippen LogP contribution in [0.25, 0.3) is 0 Å². The van der Waals surface area contributed by atoms with Crippen molar-refractivity contribution in [2.45, 2.75) is 110 Å². The highest BCUT2D eigenvalue weighted by atomic mass is 16.3. The minimum atomic E-state index is -0.123. The lowest BCUT2D eigenvalue weighted by Crippen LogP contribution is -2.65. The van der Waals surface area contributed by atoms with Crippen molar-refractivity contribution in [3.63, 3.8) is 0 Å². The number of carbonyl (C=O) groups is 1. The second kappa shape index (κ2) is 8.07. The Bertz CT molecular complexity index is 853. The molecule has 0 bridgehead atoms. The van der Waals surface area contributed by atoms with E-state index in [2.05, 4.69) is 31.7 Å². The van der Waals surface area contributed by atoms with E-state index in [0.717, 1.165) is 68.9 Å². The lowest BCUT2D eigenvalue weighted by Gasteiger charge is -2.58. The van der Waals surface area contributed by atoms with Gasteiger partial charge in [0.15, 0.2) is 0 Å². The fraction of sp³-hybridized carbons (Fsp3) is 0.900. The van der Waals surface area contributed by atoms with E-state index < -0.39 is 0 Å². The molecule has 4 nitrogen and oxygen atoms in total. The predicted octanol–water partition coefficient (Wildman–Crippen LogP) is 5.33. The molecule has 6 aliphatic rings. The van der Waals surface area contributed by atoms with Crippen LogP contribution in [0.15, 0.2) is 11.6 Å². The summed E-state index contributed by atoms with van der Waals surface area (Å²) in [5.74, 6) is 4.17. The Morgan fingerprint density at radius 2 is 1.82 bits per heavy atom. The van der Waals surface area contributed by atoms with Crippen LogP contribution in [0.5, 0.6) is 0 Å². The first-order valence-corrected chi connectivity index (χ1v) is 14.5. The Morgan fingerprint density at radius 3 is 2.56 bits per heavy atom. The number of likely N-dealkylation sites (tertiary alicyclic amines) is 1. The Kier molecular flexibility index (Phi) is 5.58. The number of hydrogen-bond donors (Lipinski definition) is 2. The van der Waals surface area contributed by atoms with Crippen molar-refractivity contribution in [2.24, 2.45) is 45.8 Å². The third-order valence-electron chi connectivity index (χ3n) is 12.4. The first-order valence-electron chi connectivity index (χ1n) is 14.5. The summed E-state index contributed by atoms with van der Waals surface area (Å²) in [6.07, 6.45) is 15.5. The summed E-state index contributed by atoms with van der Waals surface area (Å²) in [5, 5.41) is 19.9. The first-order chi connectivity index (χ1) is 16.1. The average Bonchev–Trinajstić information content (AvgIpc) is 3.11. The van der Waals surface area contributed by atoms with E-state index >= 15 is 0 Å². The summed E-state index contributed by atoms with van der Waals surface area (Å²) in [7, 11) is 0. The van der Waals surface area contributed by atoms with Crippen LogP contribution in [-0.2, 0) is 4.79 Å². The molecule has 1 aliphatic heterocycles. The highest BCUT2D eigenvalue weighted by Crippen LogP contribution is 2.67. The second-order valence-corrected chi connectivity index (χ2v) is 14.2. The van der Waals surface area contributed by atoms with Gasteiger partial charge in [-0.25, -0.2) is 0 Å². The molecule has 0 aromatic rings. The minimum absolute atomic E-state index is 0.119. The van der Waals surface area contributed by atoms with Gasteiger partial charge >= 0.3 is 0 Å². The summed E-state index contributed by atoms with van der Waals surface area (Å²) in [5.41, 5.74) is 2.60. The van der Waals surface area contributed by atoms with E-state index in [1.165, 1.54) is 38.5 Å². The van der Waals surface area contributed by atoms with Crippen molar-refractivity contribution < 1.29 is 15.0 Å². The van der Waals surface area contributed by atoms with Gasteiger partial charge < -0.3 is 15.1 Å². The number of amides is 1. The summed E-state index contributed by atoms with van der Waals surface area (Å²) in [6.45, 7) is 9.33. The van der Waals surface area contributed by atoms with Gasteiger partial charge in [0.25, 0.3) is 0 Å². The maximum Gasteiger partial charge on any atom is 0.222 e. The maximum atomic E-state index is 12.8. The van der Waals surface area contributed by atoms with Gasteiger partial charge in [0.2, 0.25) is 5.91 Å². The Morgan fingerprint density at radius 1 is 1.06 bits per heavy atom. The van der Waals surface area contributed by atoms with E-state index in [-0.39, 0.29) is 17.6 Å². The van der Waals surface area contributed by atoms with E-state index in [0.29, 0.717) is 29.1 Å². The Balaban J connectivity index is 1.08. The number of rotatable bonds is 4. The number of aliphatic hydroxyl groups excluding tert-OH is 2. The fourth-order valence-corrected chi connectivity index (χ4v) is 10.5. The fourth-order valence-electron chi connectivity index (χ4n) is 10.5. The molecule has 1 heterocycles. The molecule has 1 amide bonds. The van der Waals surface area contributed by atoms with Gasteiger partial charge in [0.05, 0.1) is 12.2 Å². The Hall–Kier alpha value is -0.870. The van der Waals surface area contributed by atoms with Crippen LogP contribution in [0.4, 0.5) is 0 Å². The molecule has 1 saturated heterocycles. The summed E-state index contributed by atoms with van der Waals surface area (Å²) in [6, 6.07) is 0. The zero-order chi connectivity index (χ0) is 23.9. The molecule has 0 radical (unpaired) electrons. The lowest BCUT2D eigenvalue weighted by atomic mass is 9.47. The smallest absolute Gasteiger partial charge is 0.222 e. The lowest BCUT2D eigenvalue weighted by molar-refractivity contribution is -0.163. The highest BCUT2D eigenvalue weighted by molar-refractivity contribution is 5.77. The maximum absolute atomic E-state index is 12.8. The highest BCUT2D eigenvalue weighted by Gasteiger charge is 2.59. The summed E-state index contributed by atoms with van der Waals surface area (Å²) in [4.78, 5) is 14.9. The number of allylic oxidation sites excluding steroid dienone is 1. The van der Waals surface area contributed by atoms with E-state index in [4.69, 9.17) is 0 Å². The number of fused-ring (bicyclic) bond motifs is 5. The molecule has 6 rings (SSSR count). The van der Waals surface area contributed by atoms with Crippen LogP contribution in [0.3, 0.4) is 0 Å². The third-order valence-corrected chi connectivity index (χ3v) is 12.4. The average molecular weight is 470 g/mol. The van der Waals surface area contributed by atoms with Crippen molar-refractivity contribution >= 4 is 5.91 Å². The topological polar surface area (TPSA) is 60.8 Å². The largest absolute Gasteiger partial charge is 0.393 e. The van der Waals surface area contributed by atoms with Crippen LogP contribution in [-0.4, -0.2) is 46.3 Å². The zero-order valence-corrected chi connectivity index (χ0v) is 21.8. The standard InChI is InChI=1S/C30H47NO3/c1-19(4-9-27(34)31-17-30(18-31)15-22(33)16-30)24-7-8-25-23-6-5-20-14-21(32)10-12-28(20,2)26(23)11-13-29(24,25)3/h5,19,21-26,32-33H,4,6-18H2,1-3H3/t19-,21+,23+,24-,25+,26+,28+,29-/m1/s1. The monoisotopic (exact) mass is 469 g/mol. The van der Waals surface area contributed by atoms with Gasteiger partial charge in [0.1, 0.15) is 0 Å². The van der Waals surface area contributed by atoms with Gasteiger partial charge in [-0.1, -0.05) is 32.4 Å². The van der Waals surface area contributed by atoms with Crippen LogP contribution in [0, 0.1) is 45.8 Å². The molecule has 34 heavy (non-hydrogen) atoms. The third kappa shape index (κ3) is 3.48. The van der Waals surface area contributed by atoms with Crippen molar-refractivity contribution in [1.29, 1.82) is 0 Å². The molecule has 0 aromatic carbocycles. The molecule has 190 valence electrons. The zero-order valence-electron chi connectivity index (χ0n) is 21.8. The Labute approximate surface area is 206 Å². The number of carbonyl (C=O) groups excluding carboxylic acids is 1. The number of nitrogens with zero attached hydrogens (tertiary/aromatic N) is 1. The molecule has 5 aliphatic carbocycles. The summed E-state index contributed by atoms with van der Waals surface area (Å²) < 4.78 is 0. The van der Waals surface area contributed by atoms with Crippen molar-refractivity contribution in [3.8, 4) is 0 Å². The SMILES string of the molecule is C[C@H](CCC(=O)N1CC2(CC(O)C2)C1)[C@H]1CC[C@H]2[C@@H]3CC=C4C[C@@H](O)CC[C@]4(C)[C@H]3CC[C@]12C. The van der Waals surface area contributed by atoms with Crippen LogP contribution in [0.1, 0.15) is 97.8 Å². The number of aliphatic hydroxyl groups is 2. The molecule has 1 spiro atoms. The normalized spacial score (nSPS) is 46.0. The molecule has 2 N–H and O–H groups in total. The van der Waals surface area contributed by atoms with Crippen LogP contribution < -0.4 is 0 Å². The van der Waals surface area contributed by atoms with E-state index in [1.54, 1.807) is 5.57 Å². The van der Waals surface area contributed by atoms with Gasteiger partial charge in [-0.2, -0.15) is 0 Å². The number of hydrogen-bond acceptors (Lipinski definition) is 3. The van der Waals surface area contributed by atoms with Crippen molar-refractivity contribution in [3.05, 3.63) is 11.6 Å². The molecular formula is C30H47NO3. The van der Waals surface area contributed by atoms with Gasteiger partial charge in [-0.05, 0) is 111 Å². The molecule has 0 unspecified atom stereocenters. The molecule has 4 heteroatoms. The first kappa shape index (κ1) is 23.5. The van der Waals surface area contributed by atoms with Crippen LogP contribution >= 0.6 is 0 Å². The van der Waals surface area contributed by atoms with Gasteiger partial charge in [-0.3, -0.25) is 4.79 Å². The molecule has 8 atom stereocenters. The quantitative estimate of drug-likeness (QED) is 0.548. The molecule has 4 saturated carbocycles. The van der Waals surface area contributed by atoms with Crippen molar-refractivity contribution in [1.82, 2.24) is 4.90 Å². The molecule has 5 fully saturated rings. The summed E-state index contributed by atoms with van der Waals surface area (Å²) >= 11 is 0. The van der Waals surface area contributed by atoms with Crippen LogP contribution in [0.2, 0.25) is 0 Å². The predicted molar refractivity (Wildman–Crippen MR) is 134 cm³/mol. The minimum Gasteiger partial charge on any atom is -0.393 e. The van der Waals surface area contributed by atoms with Gasteiger partial charge in [-0.15, -0.1) is 0 Å². The van der Waals surface area contributed by atoms with E-state index in [9.17, 15) is 15.0 Å².